The molecule has 0 aromatic carbocycles. The van der Waals surface area contributed by atoms with Crippen LogP contribution in [0.1, 0.15) is 12.3 Å². The fourth-order valence-corrected chi connectivity index (χ4v) is 3.73. The maximum absolute atomic E-state index is 12.2. The van der Waals surface area contributed by atoms with Crippen molar-refractivity contribution < 1.29 is 22.5 Å². The molecule has 0 unspecified atom stereocenters. The van der Waals surface area contributed by atoms with Gasteiger partial charge in [0.2, 0.25) is 11.7 Å². The van der Waals surface area contributed by atoms with Gasteiger partial charge >= 0.3 is 5.97 Å². The molecule has 0 atom stereocenters. The molecule has 0 spiro atoms. The molecule has 0 amide bonds. The molecule has 0 saturated carbocycles. The Morgan fingerprint density at radius 2 is 2.21 bits per heavy atom. The number of rotatable bonds is 6. The van der Waals surface area contributed by atoms with Crippen molar-refractivity contribution >= 4 is 21.8 Å². The monoisotopic (exact) mass is 415 g/mol. The minimum atomic E-state index is -3.42. The van der Waals surface area contributed by atoms with Gasteiger partial charge in [-0.2, -0.15) is 4.98 Å². The molecule has 29 heavy (non-hydrogen) atoms. The van der Waals surface area contributed by atoms with Crippen molar-refractivity contribution in [2.45, 2.75) is 12.8 Å². The van der Waals surface area contributed by atoms with Gasteiger partial charge in [0.05, 0.1) is 17.9 Å². The van der Waals surface area contributed by atoms with Crippen LogP contribution in [0.15, 0.2) is 57.4 Å². The van der Waals surface area contributed by atoms with Crippen molar-refractivity contribution in [3.63, 3.8) is 0 Å². The Kier molecular flexibility index (Phi) is 5.21. The Labute approximate surface area is 166 Å². The van der Waals surface area contributed by atoms with E-state index in [1.807, 2.05) is 6.07 Å². The average molecular weight is 415 g/mol. The van der Waals surface area contributed by atoms with Crippen LogP contribution >= 0.6 is 0 Å². The van der Waals surface area contributed by atoms with Crippen molar-refractivity contribution in [1.29, 1.82) is 0 Å². The highest BCUT2D eigenvalue weighted by Gasteiger charge is 2.25. The highest BCUT2D eigenvalue weighted by atomic mass is 32.2. The van der Waals surface area contributed by atoms with E-state index in [2.05, 4.69) is 19.5 Å². The lowest BCUT2D eigenvalue weighted by molar-refractivity contribution is -0.138. The van der Waals surface area contributed by atoms with Gasteiger partial charge in [-0.1, -0.05) is 5.16 Å². The lowest BCUT2D eigenvalue weighted by Crippen LogP contribution is -2.37. The Balaban J connectivity index is 1.27. The maximum Gasteiger partial charge on any atom is 0.339 e. The van der Waals surface area contributed by atoms with Gasteiger partial charge in [0.15, 0.2) is 0 Å². The van der Waals surface area contributed by atoms with Gasteiger partial charge < -0.3 is 14.2 Å². The normalized spacial score (nSPS) is 17.3. The molecule has 0 N–H and O–H groups in total. The molecule has 150 valence electrons. The summed E-state index contributed by atoms with van der Waals surface area (Å²) >= 11 is 0. The van der Waals surface area contributed by atoms with Crippen LogP contribution in [0.3, 0.4) is 0 Å². The second-order valence-electron chi connectivity index (χ2n) is 6.34. The third-order valence-electron chi connectivity index (χ3n) is 4.22. The Morgan fingerprint density at radius 3 is 3.03 bits per heavy atom. The van der Waals surface area contributed by atoms with E-state index >= 15 is 0 Å². The van der Waals surface area contributed by atoms with E-state index in [1.54, 1.807) is 29.6 Å². The number of fused-ring (bicyclic) bond motifs is 1. The maximum atomic E-state index is 12.2. The summed E-state index contributed by atoms with van der Waals surface area (Å²) in [5, 5.41) is 3.91. The third kappa shape index (κ3) is 4.57. The first-order valence-electron chi connectivity index (χ1n) is 8.89. The number of aryl methyl sites for hydroxylation is 1. The number of sulfonamides is 1. The Morgan fingerprint density at radius 1 is 1.31 bits per heavy atom. The number of pyridine rings is 1. The molecule has 0 aliphatic carbocycles. The number of hydrogen-bond acceptors (Lipinski definition) is 9. The zero-order valence-corrected chi connectivity index (χ0v) is 16.1. The van der Waals surface area contributed by atoms with E-state index in [-0.39, 0.29) is 18.9 Å². The molecule has 2 aromatic rings. The van der Waals surface area contributed by atoms with Crippen molar-refractivity contribution in [2.75, 3.05) is 18.9 Å². The van der Waals surface area contributed by atoms with Crippen LogP contribution in [0, 0.1) is 0 Å². The summed E-state index contributed by atoms with van der Waals surface area (Å²) in [4.78, 5) is 22.1. The molecular formula is C18H17N5O5S. The predicted molar refractivity (Wildman–Crippen MR) is 102 cm³/mol. The molecule has 4 heterocycles. The number of nitrogens with zero attached hydrogens (tertiary/aromatic N) is 5. The van der Waals surface area contributed by atoms with E-state index in [1.165, 1.54) is 12.2 Å². The molecular weight excluding hydrogens is 398 g/mol. The van der Waals surface area contributed by atoms with Crippen LogP contribution in [0.25, 0.3) is 11.4 Å². The quantitative estimate of drug-likeness (QED) is 0.503. The molecule has 0 fully saturated rings. The predicted octanol–water partition coefficient (Wildman–Crippen LogP) is 1.10. The number of carbonyl (C=O) groups is 1. The molecule has 2 aromatic heterocycles. The summed E-state index contributed by atoms with van der Waals surface area (Å²) < 4.78 is 37.2. The number of ether oxygens (including phenoxy) is 1. The molecule has 2 aliphatic heterocycles. The van der Waals surface area contributed by atoms with Gasteiger partial charge in [0.25, 0.3) is 10.0 Å². The number of hydrogen-bond donors (Lipinski definition) is 0. The van der Waals surface area contributed by atoms with E-state index in [0.717, 1.165) is 5.56 Å². The summed E-state index contributed by atoms with van der Waals surface area (Å²) in [6, 6.07) is 3.62. The van der Waals surface area contributed by atoms with E-state index in [9.17, 15) is 13.2 Å². The summed E-state index contributed by atoms with van der Waals surface area (Å²) in [5.41, 5.74) is 1.10. The van der Waals surface area contributed by atoms with E-state index in [0.29, 0.717) is 36.0 Å². The number of esters is 1. The van der Waals surface area contributed by atoms with Gasteiger partial charge in [-0.15, -0.1) is 4.40 Å². The fraction of sp³-hybridized carbons (Fsp3) is 0.278. The summed E-state index contributed by atoms with van der Waals surface area (Å²) in [6.45, 7) is 0.433. The van der Waals surface area contributed by atoms with Gasteiger partial charge in [-0.05, 0) is 30.7 Å². The standard InChI is InChI=1S/C18H17N5O5S/c24-18(14-5-6-15-22-29(25,26)10-8-23(15)12-14)27-9-2-4-16-20-17(21-28-16)13-3-1-7-19-11-13/h1,3,5-7,11-12H,2,4,8-10H2. The molecule has 0 bridgehead atoms. The largest absolute Gasteiger partial charge is 0.462 e. The van der Waals surface area contributed by atoms with Crippen molar-refractivity contribution in [3.05, 3.63) is 54.3 Å². The zero-order valence-electron chi connectivity index (χ0n) is 15.3. The van der Waals surface area contributed by atoms with E-state index < -0.39 is 16.0 Å². The summed E-state index contributed by atoms with van der Waals surface area (Å²) in [5.74, 6) is 0.633. The van der Waals surface area contributed by atoms with Gasteiger partial charge in [-0.25, -0.2) is 13.2 Å². The molecule has 4 rings (SSSR count). The second-order valence-corrected chi connectivity index (χ2v) is 8.09. The van der Waals surface area contributed by atoms with Crippen LogP contribution in [-0.2, 0) is 26.0 Å². The lowest BCUT2D eigenvalue weighted by Gasteiger charge is -2.26. The van der Waals surface area contributed by atoms with Crippen molar-refractivity contribution in [2.24, 2.45) is 4.40 Å². The van der Waals surface area contributed by atoms with Gasteiger partial charge in [0.1, 0.15) is 5.84 Å². The van der Waals surface area contributed by atoms with Gasteiger partial charge in [0, 0.05) is 37.1 Å². The van der Waals surface area contributed by atoms with Crippen LogP contribution < -0.4 is 0 Å². The molecule has 2 aliphatic rings. The lowest BCUT2D eigenvalue weighted by atomic mass is 10.2. The highest BCUT2D eigenvalue weighted by molar-refractivity contribution is 7.90. The minimum absolute atomic E-state index is 0.0889. The number of aromatic nitrogens is 3. The highest BCUT2D eigenvalue weighted by Crippen LogP contribution is 2.17. The summed E-state index contributed by atoms with van der Waals surface area (Å²) in [7, 11) is -3.42. The molecule has 0 saturated heterocycles. The van der Waals surface area contributed by atoms with E-state index in [4.69, 9.17) is 9.26 Å². The van der Waals surface area contributed by atoms with Crippen LogP contribution in [-0.4, -0.2) is 59.2 Å². The zero-order chi connectivity index (χ0) is 20.3. The van der Waals surface area contributed by atoms with Crippen LogP contribution in [0.5, 0.6) is 0 Å². The topological polar surface area (TPSA) is 128 Å². The number of amidine groups is 1. The average Bonchev–Trinajstić information content (AvgIpc) is 3.20. The van der Waals surface area contributed by atoms with Gasteiger partial charge in [-0.3, -0.25) is 4.98 Å². The van der Waals surface area contributed by atoms with Crippen LogP contribution in [0.4, 0.5) is 0 Å². The summed E-state index contributed by atoms with van der Waals surface area (Å²) in [6.07, 6.45) is 8.84. The third-order valence-corrected chi connectivity index (χ3v) is 5.38. The molecule has 10 nitrogen and oxygen atoms in total. The van der Waals surface area contributed by atoms with Crippen molar-refractivity contribution in [1.82, 2.24) is 20.0 Å². The first-order valence-corrected chi connectivity index (χ1v) is 10.5. The Bertz CT molecular complexity index is 1100. The Hall–Kier alpha value is -3.34. The first-order chi connectivity index (χ1) is 14.0. The second kappa shape index (κ2) is 7.95. The van der Waals surface area contributed by atoms with Crippen LogP contribution in [0.2, 0.25) is 0 Å². The molecule has 11 heteroatoms. The van der Waals surface area contributed by atoms with Crippen molar-refractivity contribution in [3.8, 4) is 11.4 Å². The minimum Gasteiger partial charge on any atom is -0.462 e. The molecule has 0 radical (unpaired) electrons. The SMILES string of the molecule is O=C(OCCCc1nc(-c2cccnc2)no1)C1=CN2CCS(=O)(=O)N=C2C=C1. The number of carbonyl (C=O) groups excluding carboxylic acids is 1. The smallest absolute Gasteiger partial charge is 0.339 e. The fourth-order valence-electron chi connectivity index (χ4n) is 2.76. The first kappa shape index (κ1) is 19.0.